The van der Waals surface area contributed by atoms with Crippen LogP contribution in [0.3, 0.4) is 0 Å². The number of hydrogen-bond acceptors (Lipinski definition) is 4. The SMILES string of the molecule is Cc1cc(=O)c(C(=O)NCC(=O)NC(C)(C)C)nn1-c1ccccc1. The maximum atomic E-state index is 12.3. The molecule has 0 radical (unpaired) electrons. The maximum absolute atomic E-state index is 12.3. The molecule has 7 heteroatoms. The molecule has 0 unspecified atom stereocenters. The number of carbonyl (C=O) groups excluding carboxylic acids is 2. The fourth-order valence-electron chi connectivity index (χ4n) is 2.24. The maximum Gasteiger partial charge on any atom is 0.276 e. The summed E-state index contributed by atoms with van der Waals surface area (Å²) in [5, 5.41) is 9.32. The van der Waals surface area contributed by atoms with Crippen molar-refractivity contribution in [2.24, 2.45) is 0 Å². The van der Waals surface area contributed by atoms with E-state index in [9.17, 15) is 14.4 Å². The van der Waals surface area contributed by atoms with Crippen molar-refractivity contribution in [3.63, 3.8) is 0 Å². The third kappa shape index (κ3) is 5.00. The highest BCUT2D eigenvalue weighted by atomic mass is 16.2. The molecule has 0 fully saturated rings. The summed E-state index contributed by atoms with van der Waals surface area (Å²) in [4.78, 5) is 36.2. The molecule has 2 aromatic rings. The van der Waals surface area contributed by atoms with Crippen LogP contribution in [0.1, 0.15) is 37.0 Å². The van der Waals surface area contributed by atoms with Gasteiger partial charge in [-0.25, -0.2) is 4.68 Å². The summed E-state index contributed by atoms with van der Waals surface area (Å²) in [6.07, 6.45) is 0. The predicted molar refractivity (Wildman–Crippen MR) is 94.8 cm³/mol. The summed E-state index contributed by atoms with van der Waals surface area (Å²) in [5.74, 6) is -1.02. The summed E-state index contributed by atoms with van der Waals surface area (Å²) >= 11 is 0. The molecule has 0 atom stereocenters. The van der Waals surface area contributed by atoms with Gasteiger partial charge in [-0.15, -0.1) is 0 Å². The summed E-state index contributed by atoms with van der Waals surface area (Å²) in [6, 6.07) is 10.5. The van der Waals surface area contributed by atoms with Crippen molar-refractivity contribution < 1.29 is 9.59 Å². The summed E-state index contributed by atoms with van der Waals surface area (Å²) < 4.78 is 1.52. The smallest absolute Gasteiger partial charge is 0.276 e. The van der Waals surface area contributed by atoms with Gasteiger partial charge in [-0.3, -0.25) is 14.4 Å². The van der Waals surface area contributed by atoms with Gasteiger partial charge in [-0.1, -0.05) is 18.2 Å². The van der Waals surface area contributed by atoms with Crippen molar-refractivity contribution in [2.75, 3.05) is 6.54 Å². The van der Waals surface area contributed by atoms with E-state index in [1.165, 1.54) is 10.7 Å². The Morgan fingerprint density at radius 3 is 2.40 bits per heavy atom. The van der Waals surface area contributed by atoms with Crippen molar-refractivity contribution in [3.05, 3.63) is 58.0 Å². The van der Waals surface area contributed by atoms with Crippen LogP contribution in [-0.4, -0.2) is 33.7 Å². The molecular formula is C18H22N4O3. The second-order valence-corrected chi connectivity index (χ2v) is 6.73. The molecular weight excluding hydrogens is 320 g/mol. The van der Waals surface area contributed by atoms with Crippen molar-refractivity contribution in [2.45, 2.75) is 33.2 Å². The molecule has 2 rings (SSSR count). The van der Waals surface area contributed by atoms with Crippen LogP contribution in [0.15, 0.2) is 41.2 Å². The highest BCUT2D eigenvalue weighted by molar-refractivity contribution is 5.94. The Labute approximate surface area is 146 Å². The second kappa shape index (κ2) is 7.29. The van der Waals surface area contributed by atoms with Gasteiger partial charge in [0, 0.05) is 17.3 Å². The highest BCUT2D eigenvalue weighted by Gasteiger charge is 2.18. The molecule has 0 aliphatic carbocycles. The third-order valence-corrected chi connectivity index (χ3v) is 3.25. The van der Waals surface area contributed by atoms with Gasteiger partial charge >= 0.3 is 0 Å². The van der Waals surface area contributed by atoms with Crippen LogP contribution in [0.5, 0.6) is 0 Å². The highest BCUT2D eigenvalue weighted by Crippen LogP contribution is 2.07. The molecule has 0 spiro atoms. The fraction of sp³-hybridized carbons (Fsp3) is 0.333. The monoisotopic (exact) mass is 342 g/mol. The Hall–Kier alpha value is -2.96. The average Bonchev–Trinajstić information content (AvgIpc) is 2.52. The predicted octanol–water partition coefficient (Wildman–Crippen LogP) is 1.19. The van der Waals surface area contributed by atoms with Crippen molar-refractivity contribution >= 4 is 11.8 Å². The number of amides is 2. The van der Waals surface area contributed by atoms with Gasteiger partial charge in [0.25, 0.3) is 5.91 Å². The van der Waals surface area contributed by atoms with Crippen molar-refractivity contribution in [1.29, 1.82) is 0 Å². The lowest BCUT2D eigenvalue weighted by Crippen LogP contribution is -2.46. The zero-order valence-electron chi connectivity index (χ0n) is 14.8. The van der Waals surface area contributed by atoms with E-state index in [2.05, 4.69) is 15.7 Å². The quantitative estimate of drug-likeness (QED) is 0.873. The number of nitrogens with one attached hydrogen (secondary N) is 2. The molecule has 2 amide bonds. The topological polar surface area (TPSA) is 93.1 Å². The lowest BCUT2D eigenvalue weighted by atomic mass is 10.1. The molecule has 0 aliphatic rings. The molecule has 0 saturated heterocycles. The largest absolute Gasteiger partial charge is 0.350 e. The van der Waals surface area contributed by atoms with Crippen LogP contribution >= 0.6 is 0 Å². The van der Waals surface area contributed by atoms with Crippen molar-refractivity contribution in [3.8, 4) is 5.69 Å². The summed E-state index contributed by atoms with van der Waals surface area (Å²) in [5.41, 5.74) is 0.207. The zero-order valence-corrected chi connectivity index (χ0v) is 14.8. The van der Waals surface area contributed by atoms with Crippen LogP contribution in [0, 0.1) is 6.92 Å². The van der Waals surface area contributed by atoms with Crippen LogP contribution in [-0.2, 0) is 4.79 Å². The van der Waals surface area contributed by atoms with Gasteiger partial charge in [0.1, 0.15) is 0 Å². The molecule has 1 heterocycles. The third-order valence-electron chi connectivity index (χ3n) is 3.25. The van der Waals surface area contributed by atoms with Gasteiger partial charge in [-0.05, 0) is 39.8 Å². The van der Waals surface area contributed by atoms with E-state index >= 15 is 0 Å². The first-order chi connectivity index (χ1) is 11.7. The van der Waals surface area contributed by atoms with Gasteiger partial charge in [0.05, 0.1) is 12.2 Å². The minimum Gasteiger partial charge on any atom is -0.350 e. The van der Waals surface area contributed by atoms with E-state index in [-0.39, 0.29) is 18.1 Å². The van der Waals surface area contributed by atoms with E-state index in [1.807, 2.05) is 51.1 Å². The van der Waals surface area contributed by atoms with E-state index < -0.39 is 16.9 Å². The van der Waals surface area contributed by atoms with E-state index in [4.69, 9.17) is 0 Å². The van der Waals surface area contributed by atoms with Gasteiger partial charge in [0.15, 0.2) is 5.69 Å². The van der Waals surface area contributed by atoms with Gasteiger partial charge in [-0.2, -0.15) is 5.10 Å². The Bertz CT molecular complexity index is 836. The van der Waals surface area contributed by atoms with Crippen LogP contribution < -0.4 is 16.1 Å². The first-order valence-corrected chi connectivity index (χ1v) is 7.93. The standard InChI is InChI=1S/C18H22N4O3/c1-12-10-14(23)16(21-22(12)13-8-6-5-7-9-13)17(25)19-11-15(24)20-18(2,3)4/h5-10H,11H2,1-4H3,(H,19,25)(H,20,24). The molecule has 0 saturated carbocycles. The molecule has 132 valence electrons. The Kier molecular flexibility index (Phi) is 5.36. The first-order valence-electron chi connectivity index (χ1n) is 7.93. The molecule has 0 aliphatic heterocycles. The molecule has 2 N–H and O–H groups in total. The zero-order chi connectivity index (χ0) is 18.6. The number of hydrogen-bond donors (Lipinski definition) is 2. The Morgan fingerprint density at radius 2 is 1.80 bits per heavy atom. The summed E-state index contributed by atoms with van der Waals surface area (Å²) in [7, 11) is 0. The van der Waals surface area contributed by atoms with Crippen LogP contribution in [0.4, 0.5) is 0 Å². The Morgan fingerprint density at radius 1 is 1.16 bits per heavy atom. The van der Waals surface area contributed by atoms with E-state index in [0.29, 0.717) is 5.69 Å². The Balaban J connectivity index is 2.20. The van der Waals surface area contributed by atoms with E-state index in [1.54, 1.807) is 6.92 Å². The normalized spacial score (nSPS) is 11.0. The number of rotatable bonds is 4. The van der Waals surface area contributed by atoms with Crippen LogP contribution in [0.25, 0.3) is 5.69 Å². The minimum atomic E-state index is -0.682. The first kappa shape index (κ1) is 18.4. The average molecular weight is 342 g/mol. The van der Waals surface area contributed by atoms with Gasteiger partial charge < -0.3 is 10.6 Å². The molecule has 25 heavy (non-hydrogen) atoms. The van der Waals surface area contributed by atoms with Crippen LogP contribution in [0.2, 0.25) is 0 Å². The summed E-state index contributed by atoms with van der Waals surface area (Å²) in [6.45, 7) is 7.03. The fourth-order valence-corrected chi connectivity index (χ4v) is 2.24. The molecule has 1 aromatic carbocycles. The minimum absolute atomic E-state index is 0.226. The second-order valence-electron chi connectivity index (χ2n) is 6.73. The van der Waals surface area contributed by atoms with E-state index in [0.717, 1.165) is 5.69 Å². The molecule has 0 bridgehead atoms. The molecule has 1 aromatic heterocycles. The number of nitrogens with zero attached hydrogens (tertiary/aromatic N) is 2. The molecule has 7 nitrogen and oxygen atoms in total. The number of aromatic nitrogens is 2. The lowest BCUT2D eigenvalue weighted by Gasteiger charge is -2.20. The lowest BCUT2D eigenvalue weighted by molar-refractivity contribution is -0.121. The number of aryl methyl sites for hydroxylation is 1. The number of para-hydroxylation sites is 1. The number of carbonyl (C=O) groups is 2. The van der Waals surface area contributed by atoms with Gasteiger partial charge in [0.2, 0.25) is 11.3 Å². The number of benzene rings is 1. The van der Waals surface area contributed by atoms with Crippen molar-refractivity contribution in [1.82, 2.24) is 20.4 Å².